The maximum atomic E-state index is 13.8. The number of anilines is 1. The number of fused-ring (bicyclic) bond motifs is 1. The second kappa shape index (κ2) is 10.6. The third-order valence-electron chi connectivity index (χ3n) is 6.65. The van der Waals surface area contributed by atoms with Crippen LogP contribution in [0.5, 0.6) is 0 Å². The molecule has 10 heteroatoms. The van der Waals surface area contributed by atoms with Gasteiger partial charge in [-0.15, -0.1) is 0 Å². The zero-order valence-electron chi connectivity index (χ0n) is 21.2. The summed E-state index contributed by atoms with van der Waals surface area (Å²) in [7, 11) is 8.05. The molecule has 0 N–H and O–H groups in total. The van der Waals surface area contributed by atoms with E-state index in [0.717, 1.165) is 57.1 Å². The summed E-state index contributed by atoms with van der Waals surface area (Å²) in [6, 6.07) is 10.2. The van der Waals surface area contributed by atoms with Gasteiger partial charge in [-0.2, -0.15) is 13.2 Å². The molecule has 4 rings (SSSR count). The molecule has 1 aliphatic heterocycles. The van der Waals surface area contributed by atoms with Crippen molar-refractivity contribution in [3.8, 4) is 5.69 Å². The maximum Gasteiger partial charge on any atom is 0.416 e. The molecule has 36 heavy (non-hydrogen) atoms. The second-order valence-corrected chi connectivity index (χ2v) is 9.69. The first-order valence-corrected chi connectivity index (χ1v) is 12.0. The topological polar surface area (TPSA) is 47.9 Å². The molecule has 1 saturated heterocycles. The van der Waals surface area contributed by atoms with Gasteiger partial charge in [-0.1, -0.05) is 6.07 Å². The number of halogens is 3. The average molecular weight is 503 g/mol. The molecule has 0 spiro atoms. The van der Waals surface area contributed by atoms with E-state index in [0.29, 0.717) is 29.0 Å². The highest BCUT2D eigenvalue weighted by Crippen LogP contribution is 2.30. The number of hydrogen-bond acceptors (Lipinski definition) is 6. The minimum absolute atomic E-state index is 0.285. The van der Waals surface area contributed by atoms with Crippen molar-refractivity contribution in [3.05, 3.63) is 64.2 Å². The van der Waals surface area contributed by atoms with E-state index in [-0.39, 0.29) is 5.56 Å². The summed E-state index contributed by atoms with van der Waals surface area (Å²) >= 11 is 0. The minimum atomic E-state index is -4.44. The summed E-state index contributed by atoms with van der Waals surface area (Å²) in [4.78, 5) is 27.4. The van der Waals surface area contributed by atoms with E-state index in [1.165, 1.54) is 16.7 Å². The first-order chi connectivity index (χ1) is 17.0. The Balaban J connectivity index is 1.83. The average Bonchev–Trinajstić information content (AvgIpc) is 2.83. The fourth-order valence-corrected chi connectivity index (χ4v) is 4.39. The Kier molecular flexibility index (Phi) is 7.67. The predicted octanol–water partition coefficient (Wildman–Crippen LogP) is 3.15. The van der Waals surface area contributed by atoms with Crippen LogP contribution in [0.3, 0.4) is 0 Å². The molecular formula is C26H33F3N6O. The normalized spacial score (nSPS) is 15.7. The molecule has 2 aromatic carbocycles. The van der Waals surface area contributed by atoms with E-state index < -0.39 is 11.7 Å². The summed E-state index contributed by atoms with van der Waals surface area (Å²) in [5.74, 6) is 0.519. The number of likely N-dealkylation sites (N-methyl/N-ethyl adjacent to an activating group) is 3. The largest absolute Gasteiger partial charge is 0.416 e. The van der Waals surface area contributed by atoms with Gasteiger partial charge in [-0.25, -0.2) is 4.98 Å². The predicted molar refractivity (Wildman–Crippen MR) is 137 cm³/mol. The van der Waals surface area contributed by atoms with Crippen molar-refractivity contribution >= 4 is 16.6 Å². The lowest BCUT2D eigenvalue weighted by Gasteiger charge is -2.32. The maximum absolute atomic E-state index is 13.8. The number of nitrogens with zero attached hydrogens (tertiary/aromatic N) is 6. The van der Waals surface area contributed by atoms with Crippen LogP contribution in [-0.2, 0) is 12.7 Å². The van der Waals surface area contributed by atoms with Crippen LogP contribution in [0.25, 0.3) is 16.6 Å². The molecule has 0 saturated carbocycles. The molecule has 1 aromatic heterocycles. The van der Waals surface area contributed by atoms with Gasteiger partial charge in [0, 0.05) is 46.3 Å². The monoisotopic (exact) mass is 502 g/mol. The second-order valence-electron chi connectivity index (χ2n) is 9.69. The van der Waals surface area contributed by atoms with Gasteiger partial charge in [0.25, 0.3) is 5.56 Å². The van der Waals surface area contributed by atoms with Crippen LogP contribution in [0.1, 0.15) is 11.4 Å². The van der Waals surface area contributed by atoms with E-state index in [1.807, 2.05) is 33.3 Å². The molecule has 0 atom stereocenters. The van der Waals surface area contributed by atoms with Crippen molar-refractivity contribution in [2.75, 3.05) is 72.4 Å². The third-order valence-corrected chi connectivity index (χ3v) is 6.65. The van der Waals surface area contributed by atoms with Crippen LogP contribution in [-0.4, -0.2) is 91.7 Å². The number of para-hydroxylation sites is 1. The molecule has 0 bridgehead atoms. The summed E-state index contributed by atoms with van der Waals surface area (Å²) in [6.45, 7) is 5.46. The first kappa shape index (κ1) is 26.1. The van der Waals surface area contributed by atoms with Crippen LogP contribution in [0.4, 0.5) is 18.9 Å². The third kappa shape index (κ3) is 5.71. The standard InChI is InChI=1S/C26H33F3N6O/c1-31(2)12-15-33(4)22-7-5-6-21-24(22)30-23(18-34-16-13-32(3)14-17-34)35(25(21)36)20-10-8-19(9-11-20)26(27,28)29/h5-11H,12-18H2,1-4H3. The molecule has 7 nitrogen and oxygen atoms in total. The van der Waals surface area contributed by atoms with Gasteiger partial charge in [-0.05, 0) is 57.5 Å². The number of aromatic nitrogens is 2. The number of rotatable bonds is 7. The minimum Gasteiger partial charge on any atom is -0.372 e. The van der Waals surface area contributed by atoms with E-state index in [2.05, 4.69) is 26.6 Å². The molecule has 0 aliphatic carbocycles. The molecule has 1 aliphatic rings. The van der Waals surface area contributed by atoms with Crippen molar-refractivity contribution in [1.29, 1.82) is 0 Å². The Labute approximate surface area is 209 Å². The van der Waals surface area contributed by atoms with Crippen molar-refractivity contribution in [2.45, 2.75) is 12.7 Å². The first-order valence-electron chi connectivity index (χ1n) is 12.0. The van der Waals surface area contributed by atoms with Crippen molar-refractivity contribution in [1.82, 2.24) is 24.3 Å². The van der Waals surface area contributed by atoms with Crippen LogP contribution < -0.4 is 10.5 Å². The molecule has 3 aromatic rings. The summed E-state index contributed by atoms with van der Waals surface area (Å²) in [6.07, 6.45) is -4.44. The molecule has 2 heterocycles. The summed E-state index contributed by atoms with van der Waals surface area (Å²) in [5, 5.41) is 0.436. The Morgan fingerprint density at radius 3 is 2.22 bits per heavy atom. The SMILES string of the molecule is CN(C)CCN(C)c1cccc2c(=O)n(-c3ccc(C(F)(F)F)cc3)c(CN3CCN(C)CC3)nc12. The highest BCUT2D eigenvalue weighted by molar-refractivity contribution is 5.90. The lowest BCUT2D eigenvalue weighted by molar-refractivity contribution is -0.137. The Morgan fingerprint density at radius 1 is 0.944 bits per heavy atom. The van der Waals surface area contributed by atoms with Crippen molar-refractivity contribution in [3.63, 3.8) is 0 Å². The van der Waals surface area contributed by atoms with Gasteiger partial charge in [0.2, 0.25) is 0 Å². The Hall–Kier alpha value is -2.95. The van der Waals surface area contributed by atoms with Crippen LogP contribution in [0.2, 0.25) is 0 Å². The van der Waals surface area contributed by atoms with E-state index in [9.17, 15) is 18.0 Å². The van der Waals surface area contributed by atoms with E-state index in [1.54, 1.807) is 6.07 Å². The summed E-state index contributed by atoms with van der Waals surface area (Å²) in [5.41, 5.74) is 0.796. The van der Waals surface area contributed by atoms with Gasteiger partial charge in [0.05, 0.1) is 28.9 Å². The smallest absolute Gasteiger partial charge is 0.372 e. The molecule has 1 fully saturated rings. The lowest BCUT2D eigenvalue weighted by Crippen LogP contribution is -2.44. The summed E-state index contributed by atoms with van der Waals surface area (Å²) < 4.78 is 41.0. The number of alkyl halides is 3. The molecule has 0 amide bonds. The fourth-order valence-electron chi connectivity index (χ4n) is 4.39. The zero-order valence-corrected chi connectivity index (χ0v) is 21.2. The van der Waals surface area contributed by atoms with Gasteiger partial charge in [0.1, 0.15) is 11.3 Å². The molecule has 0 radical (unpaired) electrons. The quantitative estimate of drug-likeness (QED) is 0.495. The number of hydrogen-bond donors (Lipinski definition) is 0. The van der Waals surface area contributed by atoms with Crippen LogP contribution in [0.15, 0.2) is 47.3 Å². The van der Waals surface area contributed by atoms with Crippen LogP contribution in [0, 0.1) is 0 Å². The van der Waals surface area contributed by atoms with Crippen molar-refractivity contribution < 1.29 is 13.2 Å². The van der Waals surface area contributed by atoms with Gasteiger partial charge in [-0.3, -0.25) is 14.3 Å². The molecular weight excluding hydrogens is 469 g/mol. The van der Waals surface area contributed by atoms with Gasteiger partial charge < -0.3 is 14.7 Å². The highest BCUT2D eigenvalue weighted by Gasteiger charge is 2.30. The van der Waals surface area contributed by atoms with E-state index >= 15 is 0 Å². The van der Waals surface area contributed by atoms with Gasteiger partial charge >= 0.3 is 6.18 Å². The highest BCUT2D eigenvalue weighted by atomic mass is 19.4. The number of benzene rings is 2. The molecule has 194 valence electrons. The van der Waals surface area contributed by atoms with Crippen molar-refractivity contribution in [2.24, 2.45) is 0 Å². The zero-order chi connectivity index (χ0) is 26.0. The fraction of sp³-hybridized carbons (Fsp3) is 0.462. The van der Waals surface area contributed by atoms with E-state index in [4.69, 9.17) is 4.98 Å². The number of piperazine rings is 1. The van der Waals surface area contributed by atoms with Crippen LogP contribution >= 0.6 is 0 Å². The Morgan fingerprint density at radius 2 is 1.61 bits per heavy atom. The Bertz CT molecular complexity index is 1250. The lowest BCUT2D eigenvalue weighted by atomic mass is 10.1. The van der Waals surface area contributed by atoms with Gasteiger partial charge in [0.15, 0.2) is 0 Å². The molecule has 0 unspecified atom stereocenters.